The molecule has 0 bridgehead atoms. The molecule has 3 unspecified atom stereocenters. The molecule has 19 heavy (non-hydrogen) atoms. The van der Waals surface area contributed by atoms with Crippen molar-refractivity contribution in [1.82, 2.24) is 5.32 Å². The standard InChI is InChI=1S/C16H24N2O/c1-12-7-6-10-15(13(12)2)18-16(19)11-17-14-8-4-3-5-9-14/h3-5,8-9,12-13,15,17H,6-7,10-11H2,1-2H3,(H,18,19). The number of nitrogens with one attached hydrogen (secondary N) is 2. The van der Waals surface area contributed by atoms with E-state index in [1.807, 2.05) is 30.3 Å². The first-order chi connectivity index (χ1) is 9.16. The van der Waals surface area contributed by atoms with E-state index in [4.69, 9.17) is 0 Å². The van der Waals surface area contributed by atoms with Crippen molar-refractivity contribution >= 4 is 11.6 Å². The number of benzene rings is 1. The number of amides is 1. The number of hydrogen-bond acceptors (Lipinski definition) is 2. The maximum atomic E-state index is 12.0. The molecular weight excluding hydrogens is 236 g/mol. The molecule has 1 aromatic rings. The van der Waals surface area contributed by atoms with Gasteiger partial charge in [0.2, 0.25) is 5.91 Å². The monoisotopic (exact) mass is 260 g/mol. The lowest BCUT2D eigenvalue weighted by molar-refractivity contribution is -0.120. The minimum absolute atomic E-state index is 0.0924. The first-order valence-corrected chi connectivity index (χ1v) is 7.25. The molecule has 0 aliphatic heterocycles. The van der Waals surface area contributed by atoms with Crippen molar-refractivity contribution in [2.75, 3.05) is 11.9 Å². The van der Waals surface area contributed by atoms with Crippen LogP contribution in [0.25, 0.3) is 0 Å². The second-order valence-corrected chi connectivity index (χ2v) is 5.66. The first-order valence-electron chi connectivity index (χ1n) is 7.25. The summed E-state index contributed by atoms with van der Waals surface area (Å²) in [5.41, 5.74) is 0.989. The molecule has 3 heteroatoms. The third-order valence-corrected chi connectivity index (χ3v) is 4.28. The van der Waals surface area contributed by atoms with Crippen molar-refractivity contribution in [3.8, 4) is 0 Å². The number of hydrogen-bond donors (Lipinski definition) is 2. The van der Waals surface area contributed by atoms with Crippen molar-refractivity contribution in [1.29, 1.82) is 0 Å². The van der Waals surface area contributed by atoms with Crippen LogP contribution in [0.2, 0.25) is 0 Å². The van der Waals surface area contributed by atoms with E-state index in [-0.39, 0.29) is 5.91 Å². The molecule has 0 radical (unpaired) electrons. The minimum atomic E-state index is 0.0924. The Morgan fingerprint density at radius 3 is 2.68 bits per heavy atom. The van der Waals surface area contributed by atoms with Crippen molar-refractivity contribution in [3.63, 3.8) is 0 Å². The summed E-state index contributed by atoms with van der Waals surface area (Å²) in [5, 5.41) is 6.32. The molecule has 1 fully saturated rings. The Bertz CT molecular complexity index is 404. The largest absolute Gasteiger partial charge is 0.376 e. The van der Waals surface area contributed by atoms with Crippen LogP contribution >= 0.6 is 0 Å². The van der Waals surface area contributed by atoms with Gasteiger partial charge in [0.25, 0.3) is 0 Å². The fourth-order valence-corrected chi connectivity index (χ4v) is 2.78. The molecule has 3 atom stereocenters. The van der Waals surface area contributed by atoms with Crippen LogP contribution in [0.4, 0.5) is 5.69 Å². The number of anilines is 1. The third-order valence-electron chi connectivity index (χ3n) is 4.28. The average Bonchev–Trinajstić information content (AvgIpc) is 2.43. The summed E-state index contributed by atoms with van der Waals surface area (Å²) >= 11 is 0. The van der Waals surface area contributed by atoms with E-state index >= 15 is 0 Å². The van der Waals surface area contributed by atoms with Gasteiger partial charge in [0.05, 0.1) is 6.54 Å². The predicted molar refractivity (Wildman–Crippen MR) is 79.0 cm³/mol. The van der Waals surface area contributed by atoms with Crippen molar-refractivity contribution in [3.05, 3.63) is 30.3 Å². The topological polar surface area (TPSA) is 41.1 Å². The second-order valence-electron chi connectivity index (χ2n) is 5.66. The number of para-hydroxylation sites is 1. The zero-order chi connectivity index (χ0) is 13.7. The van der Waals surface area contributed by atoms with Gasteiger partial charge in [0.1, 0.15) is 0 Å². The highest BCUT2D eigenvalue weighted by Gasteiger charge is 2.27. The van der Waals surface area contributed by atoms with E-state index in [1.165, 1.54) is 12.8 Å². The van der Waals surface area contributed by atoms with Gasteiger partial charge >= 0.3 is 0 Å². The van der Waals surface area contributed by atoms with Crippen molar-refractivity contribution < 1.29 is 4.79 Å². The number of rotatable bonds is 4. The summed E-state index contributed by atoms with van der Waals surface area (Å²) in [7, 11) is 0. The highest BCUT2D eigenvalue weighted by Crippen LogP contribution is 2.29. The maximum absolute atomic E-state index is 12.0. The molecular formula is C16H24N2O. The summed E-state index contributed by atoms with van der Waals surface area (Å²) in [5.74, 6) is 1.38. The van der Waals surface area contributed by atoms with E-state index in [9.17, 15) is 4.79 Å². The van der Waals surface area contributed by atoms with Crippen LogP contribution in [-0.2, 0) is 4.79 Å². The van der Waals surface area contributed by atoms with Crippen LogP contribution in [-0.4, -0.2) is 18.5 Å². The van der Waals surface area contributed by atoms with E-state index in [1.54, 1.807) is 0 Å². The molecule has 0 heterocycles. The van der Waals surface area contributed by atoms with Crippen LogP contribution in [0.3, 0.4) is 0 Å². The molecule has 0 saturated heterocycles. The Balaban J connectivity index is 1.78. The van der Waals surface area contributed by atoms with Crippen LogP contribution in [0.5, 0.6) is 0 Å². The van der Waals surface area contributed by atoms with Gasteiger partial charge in [-0.3, -0.25) is 4.79 Å². The molecule has 1 amide bonds. The van der Waals surface area contributed by atoms with E-state index in [0.29, 0.717) is 24.4 Å². The Labute approximate surface area is 115 Å². The fraction of sp³-hybridized carbons (Fsp3) is 0.562. The Hall–Kier alpha value is -1.51. The summed E-state index contributed by atoms with van der Waals surface area (Å²) < 4.78 is 0. The van der Waals surface area contributed by atoms with Crippen LogP contribution < -0.4 is 10.6 Å². The van der Waals surface area contributed by atoms with E-state index in [2.05, 4.69) is 24.5 Å². The first kappa shape index (κ1) is 13.9. The molecule has 2 N–H and O–H groups in total. The van der Waals surface area contributed by atoms with Crippen LogP contribution in [0, 0.1) is 11.8 Å². The summed E-state index contributed by atoms with van der Waals surface area (Å²) in [6, 6.07) is 10.2. The molecule has 0 spiro atoms. The van der Waals surface area contributed by atoms with E-state index in [0.717, 1.165) is 12.1 Å². The SMILES string of the molecule is CC1CCCC(NC(=O)CNc2ccccc2)C1C. The molecule has 1 aliphatic carbocycles. The lowest BCUT2D eigenvalue weighted by Crippen LogP contribution is -2.45. The van der Waals surface area contributed by atoms with Gasteiger partial charge in [-0.1, -0.05) is 44.9 Å². The summed E-state index contributed by atoms with van der Waals surface area (Å²) in [6.45, 7) is 4.88. The minimum Gasteiger partial charge on any atom is -0.376 e. The summed E-state index contributed by atoms with van der Waals surface area (Å²) in [6.07, 6.45) is 3.63. The molecule has 1 aromatic carbocycles. The predicted octanol–water partition coefficient (Wildman–Crippen LogP) is 3.04. The van der Waals surface area contributed by atoms with Gasteiger partial charge in [0.15, 0.2) is 0 Å². The van der Waals surface area contributed by atoms with Crippen molar-refractivity contribution in [2.24, 2.45) is 11.8 Å². The zero-order valence-corrected chi connectivity index (χ0v) is 11.9. The molecule has 1 aliphatic rings. The Morgan fingerprint density at radius 2 is 1.95 bits per heavy atom. The highest BCUT2D eigenvalue weighted by atomic mass is 16.1. The molecule has 3 nitrogen and oxygen atoms in total. The van der Waals surface area contributed by atoms with Gasteiger partial charge in [-0.05, 0) is 30.4 Å². The van der Waals surface area contributed by atoms with Crippen LogP contribution in [0.15, 0.2) is 30.3 Å². The normalized spacial score (nSPS) is 26.7. The third kappa shape index (κ3) is 3.98. The summed E-state index contributed by atoms with van der Waals surface area (Å²) in [4.78, 5) is 12.0. The quantitative estimate of drug-likeness (QED) is 0.873. The second kappa shape index (κ2) is 6.60. The molecule has 2 rings (SSSR count). The molecule has 104 valence electrons. The van der Waals surface area contributed by atoms with E-state index < -0.39 is 0 Å². The number of carbonyl (C=O) groups excluding carboxylic acids is 1. The number of carbonyl (C=O) groups is 1. The fourth-order valence-electron chi connectivity index (χ4n) is 2.78. The zero-order valence-electron chi connectivity index (χ0n) is 11.9. The highest BCUT2D eigenvalue weighted by molar-refractivity contribution is 5.81. The Kier molecular flexibility index (Phi) is 4.83. The molecule has 0 aromatic heterocycles. The Morgan fingerprint density at radius 1 is 1.21 bits per heavy atom. The van der Waals surface area contributed by atoms with Crippen molar-refractivity contribution in [2.45, 2.75) is 39.2 Å². The average molecular weight is 260 g/mol. The van der Waals surface area contributed by atoms with Gasteiger partial charge in [-0.25, -0.2) is 0 Å². The van der Waals surface area contributed by atoms with Crippen LogP contribution in [0.1, 0.15) is 33.1 Å². The smallest absolute Gasteiger partial charge is 0.239 e. The van der Waals surface area contributed by atoms with Gasteiger partial charge < -0.3 is 10.6 Å². The molecule has 1 saturated carbocycles. The van der Waals surface area contributed by atoms with Gasteiger partial charge in [-0.2, -0.15) is 0 Å². The lowest BCUT2D eigenvalue weighted by atomic mass is 9.78. The lowest BCUT2D eigenvalue weighted by Gasteiger charge is -2.34. The maximum Gasteiger partial charge on any atom is 0.239 e. The van der Waals surface area contributed by atoms with Gasteiger partial charge in [-0.15, -0.1) is 0 Å². The van der Waals surface area contributed by atoms with Gasteiger partial charge in [0, 0.05) is 11.7 Å².